The van der Waals surface area contributed by atoms with Crippen molar-refractivity contribution in [2.75, 3.05) is 13.2 Å². The number of halogens is 1. The van der Waals surface area contributed by atoms with Gasteiger partial charge >= 0.3 is 0 Å². The molecule has 1 atom stereocenters. The van der Waals surface area contributed by atoms with Crippen LogP contribution in [0.2, 0.25) is 0 Å². The SMILES string of the molecule is C#CCOc1c(Br)cc(C2NC(=S)NC(C)=C2C(=O)NCc2ccccc2)cc1OCC. The molecule has 0 radical (unpaired) electrons. The van der Waals surface area contributed by atoms with Gasteiger partial charge in [0.05, 0.1) is 22.7 Å². The number of amides is 1. The largest absolute Gasteiger partial charge is 0.490 e. The van der Waals surface area contributed by atoms with Crippen molar-refractivity contribution in [2.24, 2.45) is 0 Å². The number of carbonyl (C=O) groups excluding carboxylic acids is 1. The Morgan fingerprint density at radius 1 is 1.28 bits per heavy atom. The molecule has 2 aromatic rings. The number of terminal acetylenes is 1. The zero-order valence-corrected chi connectivity index (χ0v) is 20.2. The summed E-state index contributed by atoms with van der Waals surface area (Å²) in [7, 11) is 0. The summed E-state index contributed by atoms with van der Waals surface area (Å²) >= 11 is 8.91. The van der Waals surface area contributed by atoms with Crippen LogP contribution in [0.4, 0.5) is 0 Å². The highest BCUT2D eigenvalue weighted by Crippen LogP contribution is 2.40. The number of hydrogen-bond donors (Lipinski definition) is 3. The van der Waals surface area contributed by atoms with Gasteiger partial charge in [-0.15, -0.1) is 6.42 Å². The van der Waals surface area contributed by atoms with E-state index in [0.717, 1.165) is 11.1 Å². The van der Waals surface area contributed by atoms with Crippen molar-refractivity contribution in [3.05, 3.63) is 69.3 Å². The van der Waals surface area contributed by atoms with Crippen molar-refractivity contribution >= 4 is 39.2 Å². The van der Waals surface area contributed by atoms with E-state index in [4.69, 9.17) is 28.1 Å². The molecule has 1 aliphatic heterocycles. The summed E-state index contributed by atoms with van der Waals surface area (Å²) in [4.78, 5) is 13.2. The predicted octanol–water partition coefficient (Wildman–Crippen LogP) is 3.97. The van der Waals surface area contributed by atoms with Crippen molar-refractivity contribution < 1.29 is 14.3 Å². The summed E-state index contributed by atoms with van der Waals surface area (Å²) < 4.78 is 12.1. The maximum Gasteiger partial charge on any atom is 0.251 e. The molecule has 1 unspecified atom stereocenters. The molecule has 0 saturated carbocycles. The first kappa shape index (κ1) is 23.6. The average molecular weight is 514 g/mol. The Bertz CT molecular complexity index is 1080. The van der Waals surface area contributed by atoms with Crippen LogP contribution in [0.1, 0.15) is 31.0 Å². The van der Waals surface area contributed by atoms with Gasteiger partial charge in [-0.3, -0.25) is 4.79 Å². The molecule has 1 heterocycles. The van der Waals surface area contributed by atoms with Crippen LogP contribution in [0.15, 0.2) is 58.2 Å². The van der Waals surface area contributed by atoms with Gasteiger partial charge in [-0.05, 0) is 65.3 Å². The number of hydrogen-bond acceptors (Lipinski definition) is 4. The molecule has 0 fully saturated rings. The van der Waals surface area contributed by atoms with Crippen LogP contribution in [0.3, 0.4) is 0 Å². The molecule has 1 aliphatic rings. The van der Waals surface area contributed by atoms with Crippen LogP contribution in [-0.2, 0) is 11.3 Å². The minimum absolute atomic E-state index is 0.111. The number of thiocarbonyl (C=S) groups is 1. The number of allylic oxidation sites excluding steroid dienone is 1. The van der Waals surface area contributed by atoms with Gasteiger partial charge in [0.2, 0.25) is 0 Å². The lowest BCUT2D eigenvalue weighted by Gasteiger charge is -2.31. The molecule has 32 heavy (non-hydrogen) atoms. The highest BCUT2D eigenvalue weighted by Gasteiger charge is 2.31. The van der Waals surface area contributed by atoms with E-state index in [1.807, 2.05) is 56.3 Å². The molecule has 0 aliphatic carbocycles. The zero-order chi connectivity index (χ0) is 23.1. The van der Waals surface area contributed by atoms with Crippen molar-refractivity contribution in [1.29, 1.82) is 0 Å². The molecule has 8 heteroatoms. The van der Waals surface area contributed by atoms with Gasteiger partial charge in [0.15, 0.2) is 16.6 Å². The molecule has 6 nitrogen and oxygen atoms in total. The van der Waals surface area contributed by atoms with Gasteiger partial charge in [-0.1, -0.05) is 36.3 Å². The number of carbonyl (C=O) groups is 1. The third-order valence-electron chi connectivity index (χ3n) is 4.77. The first-order chi connectivity index (χ1) is 15.4. The van der Waals surface area contributed by atoms with Crippen molar-refractivity contribution in [3.63, 3.8) is 0 Å². The Hall–Kier alpha value is -3.02. The molecule has 166 valence electrons. The second-order valence-electron chi connectivity index (χ2n) is 6.99. The summed E-state index contributed by atoms with van der Waals surface area (Å²) in [5.41, 5.74) is 3.04. The predicted molar refractivity (Wildman–Crippen MR) is 132 cm³/mol. The topological polar surface area (TPSA) is 71.6 Å². The van der Waals surface area contributed by atoms with Crippen LogP contribution in [-0.4, -0.2) is 24.2 Å². The summed E-state index contributed by atoms with van der Waals surface area (Å²) in [5.74, 6) is 3.30. The second kappa shape index (κ2) is 11.0. The average Bonchev–Trinajstić information content (AvgIpc) is 2.77. The lowest BCUT2D eigenvalue weighted by molar-refractivity contribution is -0.118. The van der Waals surface area contributed by atoms with Crippen LogP contribution >= 0.6 is 28.1 Å². The summed E-state index contributed by atoms with van der Waals surface area (Å²) in [6.07, 6.45) is 5.34. The fourth-order valence-electron chi connectivity index (χ4n) is 3.39. The summed E-state index contributed by atoms with van der Waals surface area (Å²) in [6, 6.07) is 13.0. The standard InChI is InChI=1S/C24H24BrN3O3S/c1-4-11-31-22-18(25)12-17(13-19(22)30-5-2)21-20(15(3)27-24(32)28-21)23(29)26-14-16-9-7-6-8-10-16/h1,6-10,12-13,21H,5,11,14H2,2-3H3,(H,26,29)(H2,27,28,32). The van der Waals surface area contributed by atoms with E-state index in [1.54, 1.807) is 0 Å². The Morgan fingerprint density at radius 3 is 2.72 bits per heavy atom. The maximum atomic E-state index is 13.2. The lowest BCUT2D eigenvalue weighted by Crippen LogP contribution is -2.46. The third kappa shape index (κ3) is 5.61. The van der Waals surface area contributed by atoms with E-state index >= 15 is 0 Å². The molecular formula is C24H24BrN3O3S. The van der Waals surface area contributed by atoms with Gasteiger partial charge in [0, 0.05) is 12.2 Å². The molecule has 2 aromatic carbocycles. The van der Waals surface area contributed by atoms with Crippen molar-refractivity contribution in [1.82, 2.24) is 16.0 Å². The number of benzene rings is 2. The highest BCUT2D eigenvalue weighted by molar-refractivity contribution is 9.10. The van der Waals surface area contributed by atoms with E-state index in [-0.39, 0.29) is 12.5 Å². The summed E-state index contributed by atoms with van der Waals surface area (Å²) in [6.45, 7) is 4.69. The zero-order valence-electron chi connectivity index (χ0n) is 17.8. The molecular weight excluding hydrogens is 490 g/mol. The minimum Gasteiger partial charge on any atom is -0.490 e. The number of rotatable bonds is 8. The van der Waals surface area contributed by atoms with Gasteiger partial charge in [-0.25, -0.2) is 0 Å². The van der Waals surface area contributed by atoms with Gasteiger partial charge < -0.3 is 25.4 Å². The molecule has 0 saturated heterocycles. The fraction of sp³-hybridized carbons (Fsp3) is 0.250. The van der Waals surface area contributed by atoms with E-state index in [9.17, 15) is 4.79 Å². The van der Waals surface area contributed by atoms with E-state index in [0.29, 0.717) is 45.5 Å². The monoisotopic (exact) mass is 513 g/mol. The maximum absolute atomic E-state index is 13.2. The fourth-order valence-corrected chi connectivity index (χ4v) is 4.23. The Morgan fingerprint density at radius 2 is 2.03 bits per heavy atom. The summed E-state index contributed by atoms with van der Waals surface area (Å²) in [5, 5.41) is 9.69. The van der Waals surface area contributed by atoms with E-state index in [1.165, 1.54) is 0 Å². The number of ether oxygens (including phenoxy) is 2. The van der Waals surface area contributed by atoms with Crippen LogP contribution in [0.25, 0.3) is 0 Å². The molecule has 0 aromatic heterocycles. The second-order valence-corrected chi connectivity index (χ2v) is 8.26. The Labute approximate surface area is 201 Å². The van der Waals surface area contributed by atoms with Crippen LogP contribution in [0.5, 0.6) is 11.5 Å². The van der Waals surface area contributed by atoms with E-state index in [2.05, 4.69) is 37.8 Å². The Kier molecular flexibility index (Phi) is 8.14. The third-order valence-corrected chi connectivity index (χ3v) is 5.58. The lowest BCUT2D eigenvalue weighted by atomic mass is 9.94. The minimum atomic E-state index is -0.475. The molecule has 3 N–H and O–H groups in total. The first-order valence-corrected chi connectivity index (χ1v) is 11.3. The quantitative estimate of drug-likeness (QED) is 0.366. The molecule has 0 spiro atoms. The van der Waals surface area contributed by atoms with Gasteiger partial charge in [-0.2, -0.15) is 0 Å². The van der Waals surface area contributed by atoms with Crippen molar-refractivity contribution in [2.45, 2.75) is 26.4 Å². The normalized spacial score (nSPS) is 15.3. The highest BCUT2D eigenvalue weighted by atomic mass is 79.9. The van der Waals surface area contributed by atoms with Gasteiger partial charge in [0.1, 0.15) is 6.61 Å². The van der Waals surface area contributed by atoms with Crippen molar-refractivity contribution in [3.8, 4) is 23.8 Å². The van der Waals surface area contributed by atoms with Crippen LogP contribution in [0, 0.1) is 12.3 Å². The molecule has 3 rings (SSSR count). The number of nitrogens with one attached hydrogen (secondary N) is 3. The smallest absolute Gasteiger partial charge is 0.251 e. The molecule has 0 bridgehead atoms. The van der Waals surface area contributed by atoms with Gasteiger partial charge in [0.25, 0.3) is 5.91 Å². The van der Waals surface area contributed by atoms with Crippen LogP contribution < -0.4 is 25.4 Å². The van der Waals surface area contributed by atoms with E-state index < -0.39 is 6.04 Å². The Balaban J connectivity index is 1.94. The first-order valence-electron chi connectivity index (χ1n) is 10.1. The molecule has 1 amide bonds.